The average Bonchev–Trinajstić information content (AvgIpc) is 2.70. The lowest BCUT2D eigenvalue weighted by Gasteiger charge is -2.32. The van der Waals surface area contributed by atoms with Gasteiger partial charge in [0, 0.05) is 32.4 Å². The molecule has 0 aromatic heterocycles. The number of carbonyl (C=O) groups excluding carboxylic acids is 1. The molecule has 1 aromatic carbocycles. The fraction of sp³-hybridized carbons (Fsp3) is 0.619. The Kier molecular flexibility index (Phi) is 11.7. The van der Waals surface area contributed by atoms with Gasteiger partial charge in [0.2, 0.25) is 5.91 Å². The van der Waals surface area contributed by atoms with Gasteiger partial charge in [0.05, 0.1) is 12.3 Å². The van der Waals surface area contributed by atoms with E-state index in [1.165, 1.54) is 11.8 Å². The highest BCUT2D eigenvalue weighted by atomic mass is 127. The number of hydrogen-bond acceptors (Lipinski definition) is 4. The molecule has 0 radical (unpaired) electrons. The number of nitrogens with one attached hydrogen (secondary N) is 2. The van der Waals surface area contributed by atoms with E-state index >= 15 is 0 Å². The fourth-order valence-corrected chi connectivity index (χ4v) is 4.28. The molecule has 2 rings (SSSR count). The summed E-state index contributed by atoms with van der Waals surface area (Å²) < 4.78 is 22.6. The lowest BCUT2D eigenvalue weighted by molar-refractivity contribution is -0.131. The summed E-state index contributed by atoms with van der Waals surface area (Å²) in [5, 5.41) is 6.18. The van der Waals surface area contributed by atoms with Crippen molar-refractivity contribution < 1.29 is 13.2 Å². The molecule has 1 unspecified atom stereocenters. The molecule has 1 aliphatic heterocycles. The molecule has 30 heavy (non-hydrogen) atoms. The highest BCUT2D eigenvalue weighted by molar-refractivity contribution is 14.0. The minimum atomic E-state index is -2.99. The van der Waals surface area contributed by atoms with E-state index in [0.717, 1.165) is 32.4 Å². The number of amides is 1. The van der Waals surface area contributed by atoms with Crippen molar-refractivity contribution in [2.24, 2.45) is 10.9 Å². The van der Waals surface area contributed by atoms with Gasteiger partial charge in [-0.15, -0.1) is 24.0 Å². The Morgan fingerprint density at radius 2 is 1.87 bits per heavy atom. The summed E-state index contributed by atoms with van der Waals surface area (Å²) >= 11 is 0. The van der Waals surface area contributed by atoms with Gasteiger partial charge in [0.25, 0.3) is 0 Å². The number of halogens is 1. The lowest BCUT2D eigenvalue weighted by Crippen LogP contribution is -2.48. The van der Waals surface area contributed by atoms with E-state index in [1.807, 2.05) is 17.9 Å². The van der Waals surface area contributed by atoms with Gasteiger partial charge in [0.15, 0.2) is 5.96 Å². The molecule has 0 bridgehead atoms. The maximum atomic E-state index is 12.5. The predicted octanol–water partition coefficient (Wildman–Crippen LogP) is 2.07. The van der Waals surface area contributed by atoms with E-state index < -0.39 is 9.84 Å². The molecule has 0 saturated carbocycles. The van der Waals surface area contributed by atoms with Crippen molar-refractivity contribution in [3.63, 3.8) is 0 Å². The quantitative estimate of drug-likeness (QED) is 0.294. The van der Waals surface area contributed by atoms with Crippen molar-refractivity contribution >= 4 is 45.7 Å². The van der Waals surface area contributed by atoms with Crippen LogP contribution in [-0.4, -0.2) is 69.9 Å². The number of aliphatic imine (C=N–C) groups is 1. The molecule has 170 valence electrons. The molecular formula is C21H35IN4O3S. The zero-order valence-electron chi connectivity index (χ0n) is 18.1. The van der Waals surface area contributed by atoms with Crippen LogP contribution in [0.25, 0.3) is 0 Å². The Morgan fingerprint density at radius 3 is 2.43 bits per heavy atom. The fourth-order valence-electron chi connectivity index (χ4n) is 3.50. The first-order valence-electron chi connectivity index (χ1n) is 10.2. The van der Waals surface area contributed by atoms with Gasteiger partial charge in [0.1, 0.15) is 9.84 Å². The third-order valence-electron chi connectivity index (χ3n) is 5.27. The number of hydrogen-bond donors (Lipinski definition) is 2. The van der Waals surface area contributed by atoms with Crippen LogP contribution in [0.4, 0.5) is 0 Å². The van der Waals surface area contributed by atoms with Crippen LogP contribution in [0.5, 0.6) is 0 Å². The van der Waals surface area contributed by atoms with Gasteiger partial charge in [-0.05, 0) is 44.1 Å². The van der Waals surface area contributed by atoms with Gasteiger partial charge in [-0.2, -0.15) is 0 Å². The van der Waals surface area contributed by atoms with E-state index in [0.29, 0.717) is 18.3 Å². The molecule has 1 fully saturated rings. The van der Waals surface area contributed by atoms with Crippen LogP contribution in [0.15, 0.2) is 35.3 Å². The van der Waals surface area contributed by atoms with Gasteiger partial charge < -0.3 is 15.5 Å². The van der Waals surface area contributed by atoms with Crippen molar-refractivity contribution in [3.05, 3.63) is 35.9 Å². The molecule has 2 N–H and O–H groups in total. The van der Waals surface area contributed by atoms with E-state index in [1.54, 1.807) is 7.05 Å². The third-order valence-corrected chi connectivity index (χ3v) is 6.25. The molecule has 1 aliphatic rings. The second-order valence-corrected chi connectivity index (χ2v) is 10.2. The Labute approximate surface area is 198 Å². The summed E-state index contributed by atoms with van der Waals surface area (Å²) in [4.78, 5) is 18.6. The monoisotopic (exact) mass is 550 g/mol. The Bertz CT molecular complexity index is 779. The SMILES string of the molecule is CN=C(NCC(=O)N1CCC(Cc2ccccc2)CC1)NC(C)CCS(C)(=O)=O.I. The number of rotatable bonds is 8. The summed E-state index contributed by atoms with van der Waals surface area (Å²) in [6.07, 6.45) is 4.84. The zero-order chi connectivity index (χ0) is 21.3. The summed E-state index contributed by atoms with van der Waals surface area (Å²) in [6.45, 7) is 3.66. The van der Waals surface area contributed by atoms with Gasteiger partial charge in [-0.25, -0.2) is 8.42 Å². The van der Waals surface area contributed by atoms with E-state index in [9.17, 15) is 13.2 Å². The number of guanidine groups is 1. The van der Waals surface area contributed by atoms with Crippen LogP contribution < -0.4 is 10.6 Å². The Morgan fingerprint density at radius 1 is 1.23 bits per heavy atom. The molecule has 7 nitrogen and oxygen atoms in total. The van der Waals surface area contributed by atoms with Crippen molar-refractivity contribution in [2.75, 3.05) is 38.7 Å². The minimum Gasteiger partial charge on any atom is -0.354 e. The predicted molar refractivity (Wildman–Crippen MR) is 133 cm³/mol. The van der Waals surface area contributed by atoms with Crippen LogP contribution in [0.1, 0.15) is 31.7 Å². The number of nitrogens with zero attached hydrogens (tertiary/aromatic N) is 2. The topological polar surface area (TPSA) is 90.9 Å². The minimum absolute atomic E-state index is 0. The standard InChI is InChI=1S/C21H34N4O3S.HI/c1-17(11-14-29(3,27)28)24-21(22-2)23-16-20(26)25-12-9-19(10-13-25)15-18-7-5-4-6-8-18;/h4-8,17,19H,9-16H2,1-3H3,(H2,22,23,24);1H. The molecule has 1 atom stereocenters. The van der Waals surface area contributed by atoms with Gasteiger partial charge in [-0.3, -0.25) is 9.79 Å². The number of carbonyl (C=O) groups is 1. The highest BCUT2D eigenvalue weighted by Gasteiger charge is 2.23. The van der Waals surface area contributed by atoms with Crippen molar-refractivity contribution in [3.8, 4) is 0 Å². The molecule has 9 heteroatoms. The van der Waals surface area contributed by atoms with E-state index in [-0.39, 0.29) is 48.2 Å². The third kappa shape index (κ3) is 10.1. The van der Waals surface area contributed by atoms with Gasteiger partial charge >= 0.3 is 0 Å². The Balaban J connectivity index is 0.00000450. The first kappa shape index (κ1) is 26.7. The van der Waals surface area contributed by atoms with Crippen molar-refractivity contribution in [2.45, 2.75) is 38.6 Å². The molecule has 1 aromatic rings. The zero-order valence-corrected chi connectivity index (χ0v) is 21.3. The summed E-state index contributed by atoms with van der Waals surface area (Å²) in [5.74, 6) is 1.32. The summed E-state index contributed by atoms with van der Waals surface area (Å²) in [6, 6.07) is 10.5. The van der Waals surface area contributed by atoms with Crippen LogP contribution >= 0.6 is 24.0 Å². The van der Waals surface area contributed by atoms with Crippen molar-refractivity contribution in [1.82, 2.24) is 15.5 Å². The van der Waals surface area contributed by atoms with E-state index in [4.69, 9.17) is 0 Å². The summed E-state index contributed by atoms with van der Waals surface area (Å²) in [7, 11) is -1.35. The second-order valence-electron chi connectivity index (χ2n) is 7.90. The molecular weight excluding hydrogens is 515 g/mol. The van der Waals surface area contributed by atoms with E-state index in [2.05, 4.69) is 39.9 Å². The molecule has 0 aliphatic carbocycles. The molecule has 0 spiro atoms. The number of benzene rings is 1. The maximum Gasteiger partial charge on any atom is 0.241 e. The van der Waals surface area contributed by atoms with Crippen LogP contribution in [0.2, 0.25) is 0 Å². The van der Waals surface area contributed by atoms with Crippen LogP contribution in [-0.2, 0) is 21.1 Å². The number of piperidine rings is 1. The largest absolute Gasteiger partial charge is 0.354 e. The second kappa shape index (κ2) is 13.1. The van der Waals surface area contributed by atoms with Crippen molar-refractivity contribution in [1.29, 1.82) is 0 Å². The van der Waals surface area contributed by atoms with Gasteiger partial charge in [-0.1, -0.05) is 30.3 Å². The normalized spacial score (nSPS) is 16.5. The first-order chi connectivity index (χ1) is 13.8. The number of likely N-dealkylation sites (tertiary alicyclic amines) is 1. The highest BCUT2D eigenvalue weighted by Crippen LogP contribution is 2.21. The van der Waals surface area contributed by atoms with Crippen LogP contribution in [0.3, 0.4) is 0 Å². The Hall–Kier alpha value is -1.36. The average molecular weight is 551 g/mol. The molecule has 1 amide bonds. The lowest BCUT2D eigenvalue weighted by atomic mass is 9.90. The smallest absolute Gasteiger partial charge is 0.241 e. The molecule has 1 saturated heterocycles. The first-order valence-corrected chi connectivity index (χ1v) is 12.3. The maximum absolute atomic E-state index is 12.5. The number of sulfone groups is 1. The molecule has 1 heterocycles. The summed E-state index contributed by atoms with van der Waals surface area (Å²) in [5.41, 5.74) is 1.36. The van der Waals surface area contributed by atoms with Crippen LogP contribution in [0, 0.1) is 5.92 Å².